The highest BCUT2D eigenvalue weighted by Crippen LogP contribution is 2.09. The number of benzene rings is 2. The highest BCUT2D eigenvalue weighted by molar-refractivity contribution is 14.0. The van der Waals surface area contributed by atoms with Crippen molar-refractivity contribution in [2.75, 3.05) is 19.6 Å². The van der Waals surface area contributed by atoms with Crippen molar-refractivity contribution >= 4 is 35.8 Å². The quantitative estimate of drug-likeness (QED) is 0.245. The van der Waals surface area contributed by atoms with Crippen LogP contribution in [-0.4, -0.2) is 31.5 Å². The van der Waals surface area contributed by atoms with Crippen LogP contribution < -0.4 is 16.0 Å². The largest absolute Gasteiger partial charge is 0.357 e. The summed E-state index contributed by atoms with van der Waals surface area (Å²) in [7, 11) is 0. The van der Waals surface area contributed by atoms with E-state index < -0.39 is 0 Å². The van der Waals surface area contributed by atoms with Gasteiger partial charge in [-0.3, -0.25) is 4.79 Å². The van der Waals surface area contributed by atoms with Gasteiger partial charge in [0.1, 0.15) is 5.82 Å². The van der Waals surface area contributed by atoms with Gasteiger partial charge in [-0.05, 0) is 43.2 Å². The zero-order valence-corrected chi connectivity index (χ0v) is 17.9. The van der Waals surface area contributed by atoms with Crippen LogP contribution in [0.15, 0.2) is 53.5 Å². The first-order valence-electron chi connectivity index (χ1n) is 8.70. The average molecular weight is 484 g/mol. The lowest BCUT2D eigenvalue weighted by Gasteiger charge is -2.12. The first-order valence-corrected chi connectivity index (χ1v) is 8.70. The second kappa shape index (κ2) is 12.3. The van der Waals surface area contributed by atoms with E-state index in [2.05, 4.69) is 20.9 Å². The Morgan fingerprint density at radius 2 is 1.74 bits per heavy atom. The lowest BCUT2D eigenvalue weighted by atomic mass is 10.1. The predicted molar refractivity (Wildman–Crippen MR) is 118 cm³/mol. The first-order chi connectivity index (χ1) is 12.6. The summed E-state index contributed by atoms with van der Waals surface area (Å²) in [6, 6.07) is 14.2. The van der Waals surface area contributed by atoms with E-state index in [-0.39, 0.29) is 35.7 Å². The molecule has 0 aliphatic rings. The van der Waals surface area contributed by atoms with E-state index in [0.29, 0.717) is 43.3 Å². The Balaban J connectivity index is 0.00000364. The lowest BCUT2D eigenvalue weighted by molar-refractivity contribution is 0.0954. The van der Waals surface area contributed by atoms with Crippen molar-refractivity contribution in [2.45, 2.75) is 20.4 Å². The number of aryl methyl sites for hydroxylation is 1. The Labute approximate surface area is 176 Å². The van der Waals surface area contributed by atoms with Crippen LogP contribution in [0.3, 0.4) is 0 Å². The fourth-order valence-corrected chi connectivity index (χ4v) is 2.30. The van der Waals surface area contributed by atoms with Crippen molar-refractivity contribution in [3.8, 4) is 0 Å². The van der Waals surface area contributed by atoms with Gasteiger partial charge in [0.05, 0.1) is 6.54 Å². The molecule has 0 aliphatic heterocycles. The molecule has 3 N–H and O–H groups in total. The SMILES string of the molecule is CCNC(=NCc1ccc(C)c(F)c1)NCCNC(=O)c1ccccc1.I. The molecule has 0 heterocycles. The molecule has 146 valence electrons. The minimum atomic E-state index is -0.223. The number of rotatable bonds is 7. The fraction of sp³-hybridized carbons (Fsp3) is 0.300. The third-order valence-corrected chi connectivity index (χ3v) is 3.74. The van der Waals surface area contributed by atoms with Gasteiger partial charge < -0.3 is 16.0 Å². The fourth-order valence-electron chi connectivity index (χ4n) is 2.30. The third-order valence-electron chi connectivity index (χ3n) is 3.74. The van der Waals surface area contributed by atoms with Gasteiger partial charge in [0.2, 0.25) is 0 Å². The molecule has 0 radical (unpaired) electrons. The standard InChI is InChI=1S/C20H25FN4O.HI/c1-3-22-20(25-14-16-10-9-15(2)18(21)13-16)24-12-11-23-19(26)17-7-5-4-6-8-17;/h4-10,13H,3,11-12,14H2,1-2H3,(H,23,26)(H2,22,24,25);1H. The van der Waals surface area contributed by atoms with E-state index in [4.69, 9.17) is 0 Å². The minimum absolute atomic E-state index is 0. The van der Waals surface area contributed by atoms with Gasteiger partial charge in [-0.2, -0.15) is 0 Å². The Morgan fingerprint density at radius 1 is 1.04 bits per heavy atom. The number of guanidine groups is 1. The number of hydrogen-bond donors (Lipinski definition) is 3. The second-order valence-electron chi connectivity index (χ2n) is 5.83. The van der Waals surface area contributed by atoms with E-state index >= 15 is 0 Å². The smallest absolute Gasteiger partial charge is 0.251 e. The predicted octanol–water partition coefficient (Wildman–Crippen LogP) is 3.24. The second-order valence-corrected chi connectivity index (χ2v) is 5.83. The monoisotopic (exact) mass is 484 g/mol. The molecule has 2 rings (SSSR count). The molecule has 0 unspecified atom stereocenters. The van der Waals surface area contributed by atoms with Gasteiger partial charge in [0.25, 0.3) is 5.91 Å². The molecule has 0 bridgehead atoms. The molecule has 5 nitrogen and oxygen atoms in total. The number of hydrogen-bond acceptors (Lipinski definition) is 2. The Hall–Kier alpha value is -2.16. The van der Waals surface area contributed by atoms with Crippen LogP contribution in [0, 0.1) is 12.7 Å². The number of carbonyl (C=O) groups excluding carboxylic acids is 1. The molecule has 0 aliphatic carbocycles. The van der Waals surface area contributed by atoms with E-state index in [1.54, 1.807) is 25.1 Å². The maximum absolute atomic E-state index is 13.6. The van der Waals surface area contributed by atoms with Crippen molar-refractivity contribution in [3.63, 3.8) is 0 Å². The Kier molecular flexibility index (Phi) is 10.4. The molecular formula is C20H26FIN4O. The summed E-state index contributed by atoms with van der Waals surface area (Å²) >= 11 is 0. The summed E-state index contributed by atoms with van der Waals surface area (Å²) in [5, 5.41) is 9.14. The van der Waals surface area contributed by atoms with E-state index in [0.717, 1.165) is 5.56 Å². The maximum Gasteiger partial charge on any atom is 0.251 e. The van der Waals surface area contributed by atoms with Gasteiger partial charge in [-0.25, -0.2) is 9.38 Å². The molecule has 0 saturated heterocycles. The number of amides is 1. The molecule has 7 heteroatoms. The average Bonchev–Trinajstić information content (AvgIpc) is 2.66. The molecule has 2 aromatic rings. The number of carbonyl (C=O) groups is 1. The number of aliphatic imine (C=N–C) groups is 1. The zero-order chi connectivity index (χ0) is 18.8. The number of halogens is 2. The molecular weight excluding hydrogens is 458 g/mol. The Bertz CT molecular complexity index is 753. The van der Waals surface area contributed by atoms with E-state index in [1.165, 1.54) is 6.07 Å². The number of nitrogens with zero attached hydrogens (tertiary/aromatic N) is 1. The molecule has 0 aromatic heterocycles. The summed E-state index contributed by atoms with van der Waals surface area (Å²) in [6.45, 7) is 5.80. The summed E-state index contributed by atoms with van der Waals surface area (Å²) in [5.74, 6) is 0.297. The van der Waals surface area contributed by atoms with Crippen molar-refractivity contribution in [1.82, 2.24) is 16.0 Å². The zero-order valence-electron chi connectivity index (χ0n) is 15.6. The molecule has 0 fully saturated rings. The van der Waals surface area contributed by atoms with Crippen LogP contribution in [0.4, 0.5) is 4.39 Å². The van der Waals surface area contributed by atoms with Crippen molar-refractivity contribution < 1.29 is 9.18 Å². The van der Waals surface area contributed by atoms with Gasteiger partial charge in [-0.15, -0.1) is 24.0 Å². The summed E-state index contributed by atoms with van der Waals surface area (Å²) in [5.41, 5.74) is 2.06. The van der Waals surface area contributed by atoms with Crippen LogP contribution in [0.2, 0.25) is 0 Å². The first kappa shape index (κ1) is 22.9. The van der Waals surface area contributed by atoms with Gasteiger partial charge in [0, 0.05) is 25.2 Å². The molecule has 27 heavy (non-hydrogen) atoms. The van der Waals surface area contributed by atoms with Crippen LogP contribution in [0.5, 0.6) is 0 Å². The Morgan fingerprint density at radius 3 is 2.41 bits per heavy atom. The van der Waals surface area contributed by atoms with Crippen molar-refractivity contribution in [2.24, 2.45) is 4.99 Å². The lowest BCUT2D eigenvalue weighted by Crippen LogP contribution is -2.41. The van der Waals surface area contributed by atoms with Gasteiger partial charge >= 0.3 is 0 Å². The van der Waals surface area contributed by atoms with Crippen LogP contribution in [-0.2, 0) is 6.54 Å². The van der Waals surface area contributed by atoms with E-state index in [9.17, 15) is 9.18 Å². The summed E-state index contributed by atoms with van der Waals surface area (Å²) in [4.78, 5) is 16.4. The van der Waals surface area contributed by atoms with Crippen molar-refractivity contribution in [3.05, 3.63) is 71.0 Å². The normalized spacial score (nSPS) is 10.7. The minimum Gasteiger partial charge on any atom is -0.357 e. The number of nitrogens with one attached hydrogen (secondary N) is 3. The van der Waals surface area contributed by atoms with Crippen LogP contribution >= 0.6 is 24.0 Å². The molecule has 0 spiro atoms. The van der Waals surface area contributed by atoms with Gasteiger partial charge in [-0.1, -0.05) is 30.3 Å². The van der Waals surface area contributed by atoms with Crippen LogP contribution in [0.1, 0.15) is 28.4 Å². The molecule has 2 aromatic carbocycles. The molecule has 0 atom stereocenters. The van der Waals surface area contributed by atoms with E-state index in [1.807, 2.05) is 31.2 Å². The molecule has 1 amide bonds. The summed E-state index contributed by atoms with van der Waals surface area (Å²) < 4.78 is 13.6. The van der Waals surface area contributed by atoms with Crippen molar-refractivity contribution in [1.29, 1.82) is 0 Å². The third kappa shape index (κ3) is 7.94. The maximum atomic E-state index is 13.6. The highest BCUT2D eigenvalue weighted by Gasteiger charge is 2.04. The van der Waals surface area contributed by atoms with Crippen LogP contribution in [0.25, 0.3) is 0 Å². The van der Waals surface area contributed by atoms with Gasteiger partial charge in [0.15, 0.2) is 5.96 Å². The summed E-state index contributed by atoms with van der Waals surface area (Å²) in [6.07, 6.45) is 0. The topological polar surface area (TPSA) is 65.5 Å². The highest BCUT2D eigenvalue weighted by atomic mass is 127. The molecule has 0 saturated carbocycles.